The van der Waals surface area contributed by atoms with Crippen molar-refractivity contribution >= 4 is 15.7 Å². The summed E-state index contributed by atoms with van der Waals surface area (Å²) in [6, 6.07) is 2.65. The van der Waals surface area contributed by atoms with Crippen LogP contribution in [0.15, 0.2) is 17.0 Å². The molecule has 0 atom stereocenters. The van der Waals surface area contributed by atoms with Gasteiger partial charge in [-0.15, -0.1) is 0 Å². The highest BCUT2D eigenvalue weighted by atomic mass is 32.2. The summed E-state index contributed by atoms with van der Waals surface area (Å²) in [5.74, 6) is 0. The third kappa shape index (κ3) is 2.67. The lowest BCUT2D eigenvalue weighted by atomic mass is 10.1. The molecule has 1 saturated heterocycles. The number of nitrogens with one attached hydrogen (secondary N) is 1. The number of hydrogen-bond donors (Lipinski definition) is 1. The average Bonchev–Trinajstić information content (AvgIpc) is 2.42. The highest BCUT2D eigenvalue weighted by Crippen LogP contribution is 2.27. The molecule has 1 aromatic carbocycles. The molecule has 0 radical (unpaired) electrons. The predicted octanol–water partition coefficient (Wildman–Crippen LogP) is 0.806. The van der Waals surface area contributed by atoms with Gasteiger partial charge in [-0.25, -0.2) is 8.42 Å². The highest BCUT2D eigenvalue weighted by molar-refractivity contribution is 7.89. The molecule has 110 valence electrons. The van der Waals surface area contributed by atoms with E-state index in [-0.39, 0.29) is 10.6 Å². The molecule has 0 saturated carbocycles. The summed E-state index contributed by atoms with van der Waals surface area (Å²) in [6.45, 7) is 5.23. The summed E-state index contributed by atoms with van der Waals surface area (Å²) >= 11 is 0. The topological polar surface area (TPSA) is 92.6 Å². The Morgan fingerprint density at radius 3 is 2.40 bits per heavy atom. The van der Waals surface area contributed by atoms with E-state index in [4.69, 9.17) is 0 Å². The Labute approximate surface area is 117 Å². The van der Waals surface area contributed by atoms with Gasteiger partial charge in [0.25, 0.3) is 5.69 Å². The lowest BCUT2D eigenvalue weighted by Gasteiger charge is -2.26. The number of benzene rings is 1. The van der Waals surface area contributed by atoms with Crippen LogP contribution < -0.4 is 5.32 Å². The fourth-order valence-corrected chi connectivity index (χ4v) is 3.73. The van der Waals surface area contributed by atoms with Gasteiger partial charge in [-0.1, -0.05) is 0 Å². The predicted molar refractivity (Wildman–Crippen MR) is 74.2 cm³/mol. The van der Waals surface area contributed by atoms with Gasteiger partial charge in [-0.2, -0.15) is 4.31 Å². The van der Waals surface area contributed by atoms with Crippen LogP contribution in [0.25, 0.3) is 0 Å². The minimum absolute atomic E-state index is 0.00537. The van der Waals surface area contributed by atoms with Gasteiger partial charge in [0.05, 0.1) is 9.82 Å². The number of nitrogens with zero attached hydrogens (tertiary/aromatic N) is 2. The van der Waals surface area contributed by atoms with E-state index in [1.54, 1.807) is 13.8 Å². The van der Waals surface area contributed by atoms with E-state index in [0.717, 1.165) is 6.07 Å². The van der Waals surface area contributed by atoms with Gasteiger partial charge in [-0.3, -0.25) is 10.1 Å². The molecular weight excluding hydrogens is 282 g/mol. The van der Waals surface area contributed by atoms with E-state index in [1.165, 1.54) is 10.4 Å². The van der Waals surface area contributed by atoms with Gasteiger partial charge in [0.15, 0.2) is 0 Å². The van der Waals surface area contributed by atoms with Gasteiger partial charge < -0.3 is 5.32 Å². The lowest BCUT2D eigenvalue weighted by Crippen LogP contribution is -2.46. The Morgan fingerprint density at radius 1 is 1.25 bits per heavy atom. The smallest absolute Gasteiger partial charge is 0.273 e. The number of piperazine rings is 1. The maximum absolute atomic E-state index is 12.5. The zero-order chi connectivity index (χ0) is 14.9. The summed E-state index contributed by atoms with van der Waals surface area (Å²) in [5, 5.41) is 14.1. The van der Waals surface area contributed by atoms with E-state index < -0.39 is 14.9 Å². The minimum Gasteiger partial charge on any atom is -0.314 e. The Hall–Kier alpha value is -1.51. The van der Waals surface area contributed by atoms with Crippen LogP contribution >= 0.6 is 0 Å². The summed E-state index contributed by atoms with van der Waals surface area (Å²) in [4.78, 5) is 10.5. The first-order valence-electron chi connectivity index (χ1n) is 6.30. The number of aryl methyl sites for hydroxylation is 1. The van der Waals surface area contributed by atoms with Gasteiger partial charge in [0.1, 0.15) is 0 Å². The van der Waals surface area contributed by atoms with Gasteiger partial charge >= 0.3 is 0 Å². The quantitative estimate of drug-likeness (QED) is 0.658. The normalized spacial score (nSPS) is 17.1. The van der Waals surface area contributed by atoms with Crippen molar-refractivity contribution in [3.05, 3.63) is 33.4 Å². The Balaban J connectivity index is 2.49. The monoisotopic (exact) mass is 299 g/mol. The molecule has 1 aliphatic rings. The molecule has 20 heavy (non-hydrogen) atoms. The largest absolute Gasteiger partial charge is 0.314 e. The number of hydrogen-bond acceptors (Lipinski definition) is 5. The Bertz CT molecular complexity index is 636. The van der Waals surface area contributed by atoms with E-state index in [2.05, 4.69) is 5.32 Å². The third-order valence-corrected chi connectivity index (χ3v) is 5.40. The molecule has 0 aliphatic carbocycles. The molecule has 1 heterocycles. The second-order valence-corrected chi connectivity index (χ2v) is 6.73. The maximum Gasteiger partial charge on any atom is 0.273 e. The second kappa shape index (κ2) is 5.47. The summed E-state index contributed by atoms with van der Waals surface area (Å²) < 4.78 is 26.4. The fourth-order valence-electron chi connectivity index (χ4n) is 2.18. The molecule has 0 bridgehead atoms. The van der Waals surface area contributed by atoms with Crippen molar-refractivity contribution in [1.82, 2.24) is 9.62 Å². The van der Waals surface area contributed by atoms with Crippen LogP contribution in [0.3, 0.4) is 0 Å². The number of rotatable bonds is 3. The molecular formula is C12H17N3O4S. The lowest BCUT2D eigenvalue weighted by molar-refractivity contribution is -0.385. The SMILES string of the molecule is Cc1cc(S(=O)(=O)N2CCNCC2)cc([N+](=O)[O-])c1C. The Morgan fingerprint density at radius 2 is 1.85 bits per heavy atom. The first kappa shape index (κ1) is 14.9. The zero-order valence-corrected chi connectivity index (χ0v) is 12.2. The molecule has 1 aromatic rings. The molecule has 0 spiro atoms. The van der Waals surface area contributed by atoms with Crippen molar-refractivity contribution in [2.24, 2.45) is 0 Å². The number of sulfonamides is 1. The summed E-state index contributed by atoms with van der Waals surface area (Å²) in [7, 11) is -3.67. The van der Waals surface area contributed by atoms with E-state index in [1.807, 2.05) is 0 Å². The Kier molecular flexibility index (Phi) is 4.07. The van der Waals surface area contributed by atoms with Crippen molar-refractivity contribution in [3.8, 4) is 0 Å². The van der Waals surface area contributed by atoms with Crippen LogP contribution in [0.4, 0.5) is 5.69 Å². The minimum atomic E-state index is -3.67. The summed E-state index contributed by atoms with van der Waals surface area (Å²) in [6.07, 6.45) is 0. The third-order valence-electron chi connectivity index (χ3n) is 3.52. The van der Waals surface area contributed by atoms with Crippen molar-refractivity contribution < 1.29 is 13.3 Å². The van der Waals surface area contributed by atoms with E-state index >= 15 is 0 Å². The van der Waals surface area contributed by atoms with Crippen molar-refractivity contribution in [3.63, 3.8) is 0 Å². The number of nitro benzene ring substituents is 1. The van der Waals surface area contributed by atoms with Crippen LogP contribution in [0.5, 0.6) is 0 Å². The van der Waals surface area contributed by atoms with Crippen LogP contribution in [0.1, 0.15) is 11.1 Å². The molecule has 8 heteroatoms. The van der Waals surface area contributed by atoms with Crippen LogP contribution in [-0.4, -0.2) is 43.8 Å². The molecule has 2 rings (SSSR count). The molecule has 0 amide bonds. The van der Waals surface area contributed by atoms with E-state index in [0.29, 0.717) is 37.3 Å². The van der Waals surface area contributed by atoms with Crippen molar-refractivity contribution in [2.75, 3.05) is 26.2 Å². The number of nitro groups is 1. The van der Waals surface area contributed by atoms with Crippen LogP contribution in [-0.2, 0) is 10.0 Å². The standard InChI is InChI=1S/C12H17N3O4S/c1-9-7-11(8-12(10(9)2)15(16)17)20(18,19)14-5-3-13-4-6-14/h7-8,13H,3-6H2,1-2H3. The molecule has 0 aromatic heterocycles. The van der Waals surface area contributed by atoms with Gasteiger partial charge in [0.2, 0.25) is 10.0 Å². The average molecular weight is 299 g/mol. The zero-order valence-electron chi connectivity index (χ0n) is 11.4. The summed E-state index contributed by atoms with van der Waals surface area (Å²) in [5.41, 5.74) is 0.945. The second-order valence-electron chi connectivity index (χ2n) is 4.80. The molecule has 7 nitrogen and oxygen atoms in total. The van der Waals surface area contributed by atoms with Crippen molar-refractivity contribution in [1.29, 1.82) is 0 Å². The molecule has 1 fully saturated rings. The van der Waals surface area contributed by atoms with Gasteiger partial charge in [0, 0.05) is 37.8 Å². The molecule has 0 unspecified atom stereocenters. The maximum atomic E-state index is 12.5. The fraction of sp³-hybridized carbons (Fsp3) is 0.500. The highest BCUT2D eigenvalue weighted by Gasteiger charge is 2.28. The van der Waals surface area contributed by atoms with Crippen LogP contribution in [0.2, 0.25) is 0 Å². The first-order chi connectivity index (χ1) is 9.34. The van der Waals surface area contributed by atoms with Crippen LogP contribution in [0, 0.1) is 24.0 Å². The first-order valence-corrected chi connectivity index (χ1v) is 7.74. The van der Waals surface area contributed by atoms with Gasteiger partial charge in [-0.05, 0) is 25.5 Å². The van der Waals surface area contributed by atoms with Crippen molar-refractivity contribution in [2.45, 2.75) is 18.7 Å². The molecule has 1 N–H and O–H groups in total. The van der Waals surface area contributed by atoms with E-state index in [9.17, 15) is 18.5 Å². The molecule has 1 aliphatic heterocycles.